The maximum absolute atomic E-state index is 13.6. The van der Waals surface area contributed by atoms with Gasteiger partial charge in [-0.15, -0.1) is 0 Å². The van der Waals surface area contributed by atoms with E-state index in [0.29, 0.717) is 17.1 Å². The summed E-state index contributed by atoms with van der Waals surface area (Å²) in [6, 6.07) is 4.32. The minimum absolute atomic E-state index is 0.203. The molecule has 0 spiro atoms. The first kappa shape index (κ1) is 13.8. The Labute approximate surface area is 115 Å². The molecule has 0 fully saturated rings. The molecule has 0 saturated heterocycles. The van der Waals surface area contributed by atoms with Crippen molar-refractivity contribution in [2.45, 2.75) is 19.5 Å². The third-order valence-electron chi connectivity index (χ3n) is 3.02. The van der Waals surface area contributed by atoms with Gasteiger partial charge in [-0.3, -0.25) is 4.68 Å². The van der Waals surface area contributed by atoms with Gasteiger partial charge in [0.25, 0.3) is 0 Å². The molecular weight excluding hydrogens is 269 g/mol. The van der Waals surface area contributed by atoms with Gasteiger partial charge in [-0.05, 0) is 24.6 Å². The highest BCUT2D eigenvalue weighted by Gasteiger charge is 2.13. The lowest BCUT2D eigenvalue weighted by atomic mass is 10.1. The molecule has 0 saturated carbocycles. The topological polar surface area (TPSA) is 53.1 Å². The third-order valence-corrected chi connectivity index (χ3v) is 3.39. The number of nitrogens with two attached hydrogens (primary N) is 1. The molecule has 4 nitrogen and oxygen atoms in total. The van der Waals surface area contributed by atoms with E-state index in [1.165, 1.54) is 13.2 Å². The Balaban J connectivity index is 2.18. The number of nitrogens with zero attached hydrogens (tertiary/aromatic N) is 2. The summed E-state index contributed by atoms with van der Waals surface area (Å²) in [7, 11) is 1.42. The Bertz CT molecular complexity index is 585. The summed E-state index contributed by atoms with van der Waals surface area (Å²) in [6.07, 6.45) is 1.57. The predicted molar refractivity (Wildman–Crippen MR) is 71.9 cm³/mol. The van der Waals surface area contributed by atoms with Gasteiger partial charge >= 0.3 is 0 Å². The molecule has 1 aromatic carbocycles. The number of aromatic nitrogens is 2. The highest BCUT2D eigenvalue weighted by molar-refractivity contribution is 6.31. The second-order valence-corrected chi connectivity index (χ2v) is 4.67. The van der Waals surface area contributed by atoms with Crippen LogP contribution in [0.1, 0.15) is 17.3 Å². The van der Waals surface area contributed by atoms with E-state index in [-0.39, 0.29) is 11.8 Å². The number of benzene rings is 1. The van der Waals surface area contributed by atoms with Crippen molar-refractivity contribution in [3.8, 4) is 5.75 Å². The molecule has 1 atom stereocenters. The zero-order valence-corrected chi connectivity index (χ0v) is 11.5. The Morgan fingerprint density at radius 1 is 1.53 bits per heavy atom. The Morgan fingerprint density at radius 3 is 2.79 bits per heavy atom. The maximum atomic E-state index is 13.6. The zero-order valence-electron chi connectivity index (χ0n) is 10.7. The number of halogens is 2. The van der Waals surface area contributed by atoms with Crippen LogP contribution >= 0.6 is 11.6 Å². The van der Waals surface area contributed by atoms with Gasteiger partial charge in [-0.1, -0.05) is 17.7 Å². The first-order valence-corrected chi connectivity index (χ1v) is 6.17. The summed E-state index contributed by atoms with van der Waals surface area (Å²) in [5.74, 6) is -0.222. The summed E-state index contributed by atoms with van der Waals surface area (Å²) < 4.78 is 20.2. The van der Waals surface area contributed by atoms with Crippen LogP contribution in [0.25, 0.3) is 0 Å². The lowest BCUT2D eigenvalue weighted by Crippen LogP contribution is -2.19. The van der Waals surface area contributed by atoms with Crippen molar-refractivity contribution < 1.29 is 9.13 Å². The fourth-order valence-corrected chi connectivity index (χ4v) is 1.95. The van der Waals surface area contributed by atoms with Crippen LogP contribution in [0.4, 0.5) is 4.39 Å². The fraction of sp³-hybridized carbons (Fsp3) is 0.308. The van der Waals surface area contributed by atoms with Crippen LogP contribution in [-0.4, -0.2) is 16.9 Å². The smallest absolute Gasteiger partial charge is 0.165 e. The molecule has 2 aromatic rings. The molecule has 1 aromatic heterocycles. The van der Waals surface area contributed by atoms with E-state index in [4.69, 9.17) is 22.1 Å². The number of methoxy groups -OCH3 is 1. The number of hydrogen-bond donors (Lipinski definition) is 1. The monoisotopic (exact) mass is 283 g/mol. The van der Waals surface area contributed by atoms with Crippen molar-refractivity contribution >= 4 is 11.6 Å². The number of hydrogen-bond acceptors (Lipinski definition) is 3. The molecule has 1 unspecified atom stereocenters. The van der Waals surface area contributed by atoms with Crippen LogP contribution in [0.5, 0.6) is 5.75 Å². The second kappa shape index (κ2) is 5.59. The normalized spacial score (nSPS) is 12.5. The SMILES string of the molecule is COc1ccc(C(N)Cn2ncc(Cl)c2C)cc1F. The van der Waals surface area contributed by atoms with Crippen LogP contribution in [0.3, 0.4) is 0 Å². The van der Waals surface area contributed by atoms with Gasteiger partial charge in [-0.2, -0.15) is 5.10 Å². The highest BCUT2D eigenvalue weighted by atomic mass is 35.5. The Kier molecular flexibility index (Phi) is 4.07. The van der Waals surface area contributed by atoms with Gasteiger partial charge in [0.2, 0.25) is 0 Å². The Morgan fingerprint density at radius 2 is 2.26 bits per heavy atom. The zero-order chi connectivity index (χ0) is 14.0. The van der Waals surface area contributed by atoms with Crippen molar-refractivity contribution in [3.05, 3.63) is 46.5 Å². The summed E-state index contributed by atoms with van der Waals surface area (Å²) in [4.78, 5) is 0. The fourth-order valence-electron chi connectivity index (χ4n) is 1.81. The first-order chi connectivity index (χ1) is 9.02. The molecule has 19 heavy (non-hydrogen) atoms. The highest BCUT2D eigenvalue weighted by Crippen LogP contribution is 2.22. The molecule has 0 amide bonds. The molecule has 0 aliphatic rings. The largest absolute Gasteiger partial charge is 0.494 e. The van der Waals surface area contributed by atoms with Gasteiger partial charge in [0.05, 0.1) is 30.6 Å². The average molecular weight is 284 g/mol. The standard InChI is InChI=1S/C13H15ClFN3O/c1-8-10(14)6-17-18(8)7-12(16)9-3-4-13(19-2)11(15)5-9/h3-6,12H,7,16H2,1-2H3. The minimum atomic E-state index is -0.425. The van der Waals surface area contributed by atoms with Crippen molar-refractivity contribution in [1.82, 2.24) is 9.78 Å². The van der Waals surface area contributed by atoms with Crippen LogP contribution in [-0.2, 0) is 6.54 Å². The third kappa shape index (κ3) is 2.88. The summed E-state index contributed by atoms with van der Waals surface area (Å²) >= 11 is 5.92. The summed E-state index contributed by atoms with van der Waals surface area (Å²) in [5.41, 5.74) is 7.58. The van der Waals surface area contributed by atoms with Gasteiger partial charge in [0, 0.05) is 6.04 Å². The van der Waals surface area contributed by atoms with Gasteiger partial charge in [0.1, 0.15) is 0 Å². The molecule has 2 rings (SSSR count). The van der Waals surface area contributed by atoms with Gasteiger partial charge in [0.15, 0.2) is 11.6 Å². The quantitative estimate of drug-likeness (QED) is 0.939. The van der Waals surface area contributed by atoms with E-state index < -0.39 is 5.82 Å². The first-order valence-electron chi connectivity index (χ1n) is 5.80. The minimum Gasteiger partial charge on any atom is -0.494 e. The molecule has 2 N–H and O–H groups in total. The van der Waals surface area contributed by atoms with Crippen LogP contribution in [0.15, 0.2) is 24.4 Å². The maximum Gasteiger partial charge on any atom is 0.165 e. The van der Waals surface area contributed by atoms with E-state index >= 15 is 0 Å². The van der Waals surface area contributed by atoms with Gasteiger partial charge in [-0.25, -0.2) is 4.39 Å². The van der Waals surface area contributed by atoms with Crippen LogP contribution < -0.4 is 10.5 Å². The van der Waals surface area contributed by atoms with Gasteiger partial charge < -0.3 is 10.5 Å². The average Bonchev–Trinajstić information content (AvgIpc) is 2.70. The van der Waals surface area contributed by atoms with Crippen molar-refractivity contribution in [2.24, 2.45) is 5.73 Å². The molecule has 6 heteroatoms. The van der Waals surface area contributed by atoms with E-state index in [0.717, 1.165) is 5.69 Å². The molecule has 0 bridgehead atoms. The van der Waals surface area contributed by atoms with E-state index in [9.17, 15) is 4.39 Å². The molecule has 0 aliphatic carbocycles. The predicted octanol–water partition coefficient (Wildman–Crippen LogP) is 2.69. The van der Waals surface area contributed by atoms with Crippen LogP contribution in [0, 0.1) is 12.7 Å². The second-order valence-electron chi connectivity index (χ2n) is 4.26. The molecule has 0 aliphatic heterocycles. The molecule has 1 heterocycles. The summed E-state index contributed by atoms with van der Waals surface area (Å²) in [6.45, 7) is 2.29. The van der Waals surface area contributed by atoms with E-state index in [2.05, 4.69) is 5.10 Å². The molecular formula is C13H15ClFN3O. The number of rotatable bonds is 4. The Hall–Kier alpha value is -1.59. The lowest BCUT2D eigenvalue weighted by Gasteiger charge is -2.14. The van der Waals surface area contributed by atoms with Crippen LogP contribution in [0.2, 0.25) is 5.02 Å². The van der Waals surface area contributed by atoms with Crippen molar-refractivity contribution in [2.75, 3.05) is 7.11 Å². The number of ether oxygens (including phenoxy) is 1. The lowest BCUT2D eigenvalue weighted by molar-refractivity contribution is 0.385. The molecule has 102 valence electrons. The van der Waals surface area contributed by atoms with E-state index in [1.807, 2.05) is 6.92 Å². The van der Waals surface area contributed by atoms with Crippen molar-refractivity contribution in [3.63, 3.8) is 0 Å². The molecule has 0 radical (unpaired) electrons. The summed E-state index contributed by atoms with van der Waals surface area (Å²) in [5, 5.41) is 4.71. The van der Waals surface area contributed by atoms with Crippen molar-refractivity contribution in [1.29, 1.82) is 0 Å². The van der Waals surface area contributed by atoms with E-state index in [1.54, 1.807) is 23.0 Å².